The molecule has 0 atom stereocenters. The van der Waals surface area contributed by atoms with Gasteiger partial charge in [0.1, 0.15) is 0 Å². The molecule has 2 aromatic carbocycles. The minimum Gasteiger partial charge on any atom is -0.358 e. The molecule has 132 valence electrons. The van der Waals surface area contributed by atoms with Crippen LogP contribution in [0.25, 0.3) is 0 Å². The van der Waals surface area contributed by atoms with Crippen LogP contribution in [0.15, 0.2) is 53.9 Å². The van der Waals surface area contributed by atoms with Crippen LogP contribution in [0.2, 0.25) is 5.02 Å². The molecule has 1 heterocycles. The molecule has 0 unspecified atom stereocenters. The van der Waals surface area contributed by atoms with Gasteiger partial charge >= 0.3 is 0 Å². The Balaban J connectivity index is 1.51. The Morgan fingerprint density at radius 3 is 2.42 bits per heavy atom. The van der Waals surface area contributed by atoms with Crippen molar-refractivity contribution in [3.8, 4) is 0 Å². The number of halogens is 1. The van der Waals surface area contributed by atoms with E-state index in [9.17, 15) is 4.79 Å². The van der Waals surface area contributed by atoms with E-state index < -0.39 is 0 Å². The Hall–Kier alpha value is -2.55. The molecule has 3 aromatic rings. The fourth-order valence-electron chi connectivity index (χ4n) is 2.09. The van der Waals surface area contributed by atoms with Crippen molar-refractivity contribution in [2.24, 2.45) is 0 Å². The van der Waals surface area contributed by atoms with Gasteiger partial charge in [-0.1, -0.05) is 34.3 Å². The van der Waals surface area contributed by atoms with E-state index in [-0.39, 0.29) is 5.91 Å². The zero-order chi connectivity index (χ0) is 18.4. The number of benzene rings is 2. The number of nitrogens with one attached hydrogen (secondary N) is 3. The van der Waals surface area contributed by atoms with Crippen LogP contribution < -0.4 is 16.0 Å². The minimum absolute atomic E-state index is 0.294. The van der Waals surface area contributed by atoms with Gasteiger partial charge in [0.05, 0.1) is 0 Å². The fourth-order valence-corrected chi connectivity index (χ4v) is 2.92. The molecule has 0 spiro atoms. The van der Waals surface area contributed by atoms with Crippen LogP contribution in [0.5, 0.6) is 0 Å². The smallest absolute Gasteiger partial charge is 0.277 e. The summed E-state index contributed by atoms with van der Waals surface area (Å²) in [6.07, 6.45) is 0. The van der Waals surface area contributed by atoms with Crippen molar-refractivity contribution in [3.05, 3.63) is 70.2 Å². The van der Waals surface area contributed by atoms with Gasteiger partial charge in [0.2, 0.25) is 0 Å². The number of anilines is 2. The molecule has 3 rings (SSSR count). The highest BCUT2D eigenvalue weighted by Gasteiger charge is 2.09. The lowest BCUT2D eigenvalue weighted by Gasteiger charge is -2.12. The van der Waals surface area contributed by atoms with E-state index >= 15 is 0 Å². The standard InChI is InChI=1S/C17H14ClN5OS2/c18-14-4-2-1-3-11(14)9-19-17(25)21-13-7-5-12(6-8-13)20-16(24)15-10-26-23-22-15/h1-8,10H,9H2,(H,20,24)(H2,19,21,25). The summed E-state index contributed by atoms with van der Waals surface area (Å²) in [7, 11) is 0. The molecular weight excluding hydrogens is 390 g/mol. The number of thiocarbonyl (C=S) groups is 1. The summed E-state index contributed by atoms with van der Waals surface area (Å²) in [4.78, 5) is 11.9. The highest BCUT2D eigenvalue weighted by Crippen LogP contribution is 2.16. The normalized spacial score (nSPS) is 10.2. The monoisotopic (exact) mass is 403 g/mol. The van der Waals surface area contributed by atoms with Crippen molar-refractivity contribution in [2.75, 3.05) is 10.6 Å². The summed E-state index contributed by atoms with van der Waals surface area (Å²) >= 11 is 12.5. The maximum atomic E-state index is 11.9. The van der Waals surface area contributed by atoms with Gasteiger partial charge < -0.3 is 16.0 Å². The van der Waals surface area contributed by atoms with Crippen molar-refractivity contribution in [1.82, 2.24) is 14.9 Å². The minimum atomic E-state index is -0.295. The Morgan fingerprint density at radius 2 is 1.77 bits per heavy atom. The number of amides is 1. The average Bonchev–Trinajstić information content (AvgIpc) is 3.17. The number of nitrogens with zero attached hydrogens (tertiary/aromatic N) is 2. The first-order chi connectivity index (χ1) is 12.6. The topological polar surface area (TPSA) is 78.9 Å². The van der Waals surface area contributed by atoms with E-state index in [0.717, 1.165) is 22.8 Å². The van der Waals surface area contributed by atoms with Crippen molar-refractivity contribution in [1.29, 1.82) is 0 Å². The lowest BCUT2D eigenvalue weighted by molar-refractivity contribution is 0.102. The highest BCUT2D eigenvalue weighted by molar-refractivity contribution is 7.80. The third kappa shape index (κ3) is 4.98. The van der Waals surface area contributed by atoms with Crippen molar-refractivity contribution in [2.45, 2.75) is 6.54 Å². The maximum Gasteiger partial charge on any atom is 0.277 e. The van der Waals surface area contributed by atoms with Crippen LogP contribution >= 0.6 is 35.4 Å². The quantitative estimate of drug-likeness (QED) is 0.560. The Bertz CT molecular complexity index is 900. The van der Waals surface area contributed by atoms with Gasteiger partial charge in [0.15, 0.2) is 10.8 Å². The first kappa shape index (κ1) is 18.2. The molecular formula is C17H14ClN5OS2. The third-order valence-electron chi connectivity index (χ3n) is 3.39. The molecule has 0 aliphatic carbocycles. The lowest BCUT2D eigenvalue weighted by atomic mass is 10.2. The molecule has 0 fully saturated rings. The molecule has 9 heteroatoms. The Labute approximate surface area is 164 Å². The van der Waals surface area contributed by atoms with E-state index in [4.69, 9.17) is 23.8 Å². The summed E-state index contributed by atoms with van der Waals surface area (Å²) in [5.74, 6) is -0.295. The molecule has 3 N–H and O–H groups in total. The molecule has 0 aliphatic heterocycles. The molecule has 1 amide bonds. The van der Waals surface area contributed by atoms with Crippen molar-refractivity contribution in [3.63, 3.8) is 0 Å². The number of hydrogen-bond acceptors (Lipinski definition) is 5. The Kier molecular flexibility index (Phi) is 6.11. The second-order valence-electron chi connectivity index (χ2n) is 5.22. The van der Waals surface area contributed by atoms with Crippen LogP contribution in [-0.2, 0) is 6.54 Å². The van der Waals surface area contributed by atoms with E-state index in [1.165, 1.54) is 0 Å². The number of carbonyl (C=O) groups is 1. The van der Waals surface area contributed by atoms with Gasteiger partial charge in [0.25, 0.3) is 5.91 Å². The Morgan fingerprint density at radius 1 is 1.08 bits per heavy atom. The summed E-state index contributed by atoms with van der Waals surface area (Å²) in [6.45, 7) is 0.529. The number of carbonyl (C=O) groups excluding carboxylic acids is 1. The van der Waals surface area contributed by atoms with Crippen LogP contribution in [0.4, 0.5) is 11.4 Å². The largest absolute Gasteiger partial charge is 0.358 e. The molecule has 1 aromatic heterocycles. The molecule has 6 nitrogen and oxygen atoms in total. The van der Waals surface area contributed by atoms with Gasteiger partial charge in [-0.15, -0.1) is 5.10 Å². The zero-order valence-corrected chi connectivity index (χ0v) is 15.8. The SMILES string of the molecule is O=C(Nc1ccc(NC(=S)NCc2ccccc2Cl)cc1)c1csnn1. The van der Waals surface area contributed by atoms with E-state index in [1.807, 2.05) is 36.4 Å². The molecule has 0 aliphatic rings. The van der Waals surface area contributed by atoms with Crippen LogP contribution in [0.3, 0.4) is 0 Å². The highest BCUT2D eigenvalue weighted by atomic mass is 35.5. The zero-order valence-electron chi connectivity index (χ0n) is 13.4. The first-order valence-corrected chi connectivity index (χ1v) is 9.21. The van der Waals surface area contributed by atoms with Crippen LogP contribution in [-0.4, -0.2) is 20.6 Å². The van der Waals surface area contributed by atoms with Gasteiger partial charge in [-0.3, -0.25) is 4.79 Å². The second kappa shape index (κ2) is 8.70. The second-order valence-corrected chi connectivity index (χ2v) is 6.65. The molecule has 0 saturated carbocycles. The van der Waals surface area contributed by atoms with Gasteiger partial charge in [-0.05, 0) is 59.6 Å². The lowest BCUT2D eigenvalue weighted by Crippen LogP contribution is -2.27. The average molecular weight is 404 g/mol. The fraction of sp³-hybridized carbons (Fsp3) is 0.0588. The summed E-state index contributed by atoms with van der Waals surface area (Å²) in [5, 5.41) is 15.4. The van der Waals surface area contributed by atoms with Crippen molar-refractivity contribution < 1.29 is 4.79 Å². The summed E-state index contributed by atoms with van der Waals surface area (Å²) < 4.78 is 3.67. The predicted octanol–water partition coefficient (Wildman–Crippen LogP) is 3.93. The van der Waals surface area contributed by atoms with E-state index in [2.05, 4.69) is 25.5 Å². The number of rotatable bonds is 5. The van der Waals surface area contributed by atoms with Crippen LogP contribution in [0.1, 0.15) is 16.1 Å². The first-order valence-electron chi connectivity index (χ1n) is 7.58. The van der Waals surface area contributed by atoms with Gasteiger partial charge in [-0.25, -0.2) is 0 Å². The number of hydrogen-bond donors (Lipinski definition) is 3. The van der Waals surface area contributed by atoms with Gasteiger partial charge in [0, 0.05) is 28.3 Å². The predicted molar refractivity (Wildman–Crippen MR) is 109 cm³/mol. The van der Waals surface area contributed by atoms with Crippen molar-refractivity contribution >= 4 is 57.7 Å². The van der Waals surface area contributed by atoms with E-state index in [0.29, 0.717) is 28.1 Å². The molecule has 0 saturated heterocycles. The third-order valence-corrected chi connectivity index (χ3v) is 4.51. The summed E-state index contributed by atoms with van der Waals surface area (Å²) in [5.41, 5.74) is 2.72. The van der Waals surface area contributed by atoms with E-state index in [1.54, 1.807) is 17.5 Å². The summed E-state index contributed by atoms with van der Waals surface area (Å²) in [6, 6.07) is 14.8. The molecule has 0 bridgehead atoms. The maximum absolute atomic E-state index is 11.9. The molecule has 26 heavy (non-hydrogen) atoms. The molecule has 0 radical (unpaired) electrons. The number of aromatic nitrogens is 2. The van der Waals surface area contributed by atoms with Crippen LogP contribution in [0, 0.1) is 0 Å². The van der Waals surface area contributed by atoms with Gasteiger partial charge in [-0.2, -0.15) is 0 Å².